The van der Waals surface area contributed by atoms with Crippen LogP contribution in [0.1, 0.15) is 6.42 Å². The van der Waals surface area contributed by atoms with E-state index in [2.05, 4.69) is 11.3 Å². The highest BCUT2D eigenvalue weighted by Crippen LogP contribution is 2.50. The number of carbonyl (C=O) groups is 1. The number of hydrogen-bond acceptors (Lipinski definition) is 2. The maximum Gasteiger partial charge on any atom is 0.378 e. The molecule has 0 saturated carbocycles. The van der Waals surface area contributed by atoms with E-state index in [4.69, 9.17) is 0 Å². The number of rotatable bonds is 6. The van der Waals surface area contributed by atoms with E-state index in [1.54, 1.807) is 0 Å². The van der Waals surface area contributed by atoms with Crippen molar-refractivity contribution in [2.75, 3.05) is 7.11 Å². The van der Waals surface area contributed by atoms with Crippen molar-refractivity contribution in [1.29, 1.82) is 0 Å². The molecule has 0 aromatic rings. The van der Waals surface area contributed by atoms with E-state index in [0.717, 1.165) is 0 Å². The van der Waals surface area contributed by atoms with Crippen LogP contribution in [0.15, 0.2) is 12.2 Å². The molecular formula is C9H8F8O2. The summed E-state index contributed by atoms with van der Waals surface area (Å²) in [5.41, 5.74) is -1.25. The molecule has 0 saturated heterocycles. The van der Waals surface area contributed by atoms with Crippen LogP contribution in [0.25, 0.3) is 0 Å². The average molecular weight is 300 g/mol. The Balaban J connectivity index is 5.29. The molecule has 0 rings (SSSR count). The number of halogens is 8. The van der Waals surface area contributed by atoms with E-state index < -0.39 is 42.2 Å². The zero-order chi connectivity index (χ0) is 15.6. The first kappa shape index (κ1) is 17.6. The quantitative estimate of drug-likeness (QED) is 0.427. The van der Waals surface area contributed by atoms with Crippen LogP contribution in [-0.4, -0.2) is 37.3 Å². The first-order chi connectivity index (χ1) is 8.31. The predicted octanol–water partition coefficient (Wildman–Crippen LogP) is 3.28. The van der Waals surface area contributed by atoms with Crippen molar-refractivity contribution in [2.24, 2.45) is 0 Å². The Bertz CT molecular complexity index is 363. The van der Waals surface area contributed by atoms with Gasteiger partial charge < -0.3 is 4.74 Å². The van der Waals surface area contributed by atoms with Crippen molar-refractivity contribution in [1.82, 2.24) is 0 Å². The molecule has 0 spiro atoms. The Morgan fingerprint density at radius 2 is 1.58 bits per heavy atom. The van der Waals surface area contributed by atoms with Crippen molar-refractivity contribution < 1.29 is 44.7 Å². The van der Waals surface area contributed by atoms with Gasteiger partial charge in [0, 0.05) is 12.0 Å². The summed E-state index contributed by atoms with van der Waals surface area (Å²) in [6, 6.07) is 0. The number of alkyl halides is 8. The minimum atomic E-state index is -6.36. The molecule has 112 valence electrons. The summed E-state index contributed by atoms with van der Waals surface area (Å²) in [6.07, 6.45) is -7.24. The summed E-state index contributed by atoms with van der Waals surface area (Å²) in [4.78, 5) is 10.7. The van der Waals surface area contributed by atoms with Crippen LogP contribution in [0.5, 0.6) is 0 Å². The van der Waals surface area contributed by atoms with Crippen molar-refractivity contribution in [3.05, 3.63) is 12.2 Å². The van der Waals surface area contributed by atoms with Gasteiger partial charge in [-0.25, -0.2) is 13.6 Å². The Labute approximate surface area is 102 Å². The minimum Gasteiger partial charge on any atom is -0.466 e. The molecule has 0 heterocycles. The van der Waals surface area contributed by atoms with Gasteiger partial charge in [-0.1, -0.05) is 6.58 Å². The van der Waals surface area contributed by atoms with E-state index in [0.29, 0.717) is 7.11 Å². The van der Waals surface area contributed by atoms with Gasteiger partial charge in [-0.15, -0.1) is 0 Å². The third kappa shape index (κ3) is 3.16. The SMILES string of the molecule is C=C(CC(F)(F)C(F)(F)C(F)(F)C(F)F)C(=O)OC. The van der Waals surface area contributed by atoms with E-state index in [9.17, 15) is 39.9 Å². The molecule has 19 heavy (non-hydrogen) atoms. The van der Waals surface area contributed by atoms with Crippen molar-refractivity contribution in [2.45, 2.75) is 30.6 Å². The fraction of sp³-hybridized carbons (Fsp3) is 0.667. The second kappa shape index (κ2) is 5.33. The van der Waals surface area contributed by atoms with Gasteiger partial charge in [0.1, 0.15) is 0 Å². The number of ether oxygens (including phenoxy) is 1. The molecular weight excluding hydrogens is 292 g/mol. The Kier molecular flexibility index (Phi) is 4.96. The van der Waals surface area contributed by atoms with Gasteiger partial charge in [-0.05, 0) is 0 Å². The summed E-state index contributed by atoms with van der Waals surface area (Å²) in [6.45, 7) is 2.63. The summed E-state index contributed by atoms with van der Waals surface area (Å²) >= 11 is 0. The van der Waals surface area contributed by atoms with Crippen molar-refractivity contribution in [3.63, 3.8) is 0 Å². The van der Waals surface area contributed by atoms with E-state index in [1.807, 2.05) is 0 Å². The van der Waals surface area contributed by atoms with Crippen LogP contribution in [0, 0.1) is 0 Å². The Morgan fingerprint density at radius 3 is 1.89 bits per heavy atom. The summed E-state index contributed by atoms with van der Waals surface area (Å²) in [7, 11) is 0.706. The summed E-state index contributed by atoms with van der Waals surface area (Å²) in [5.74, 6) is -19.8. The number of esters is 1. The van der Waals surface area contributed by atoms with Crippen LogP contribution < -0.4 is 0 Å². The highest BCUT2D eigenvalue weighted by atomic mass is 19.4. The second-order valence-electron chi connectivity index (χ2n) is 3.47. The molecule has 10 heteroatoms. The third-order valence-corrected chi connectivity index (χ3v) is 2.06. The molecule has 0 aliphatic heterocycles. The van der Waals surface area contributed by atoms with Gasteiger partial charge in [0.2, 0.25) is 0 Å². The topological polar surface area (TPSA) is 26.3 Å². The molecule has 0 aromatic heterocycles. The Hall–Kier alpha value is -1.35. The zero-order valence-electron chi connectivity index (χ0n) is 9.33. The minimum absolute atomic E-state index is 0.706. The monoisotopic (exact) mass is 300 g/mol. The second-order valence-corrected chi connectivity index (χ2v) is 3.47. The molecule has 0 radical (unpaired) electrons. The Morgan fingerprint density at radius 1 is 1.16 bits per heavy atom. The van der Waals surface area contributed by atoms with Gasteiger partial charge in [0.25, 0.3) is 0 Å². The summed E-state index contributed by atoms with van der Waals surface area (Å²) < 4.78 is 104. The van der Waals surface area contributed by atoms with Crippen LogP contribution in [0.4, 0.5) is 35.1 Å². The molecule has 0 N–H and O–H groups in total. The van der Waals surface area contributed by atoms with Gasteiger partial charge >= 0.3 is 30.2 Å². The lowest BCUT2D eigenvalue weighted by atomic mass is 9.98. The molecule has 2 nitrogen and oxygen atoms in total. The van der Waals surface area contributed by atoms with Crippen molar-refractivity contribution >= 4 is 5.97 Å². The zero-order valence-corrected chi connectivity index (χ0v) is 9.33. The van der Waals surface area contributed by atoms with Gasteiger partial charge in [-0.2, -0.15) is 26.3 Å². The first-order valence-electron chi connectivity index (χ1n) is 4.49. The van der Waals surface area contributed by atoms with Crippen LogP contribution >= 0.6 is 0 Å². The molecule has 0 aliphatic rings. The van der Waals surface area contributed by atoms with Crippen LogP contribution in [-0.2, 0) is 9.53 Å². The fourth-order valence-corrected chi connectivity index (χ4v) is 0.976. The van der Waals surface area contributed by atoms with Crippen LogP contribution in [0.3, 0.4) is 0 Å². The van der Waals surface area contributed by atoms with Gasteiger partial charge in [0.15, 0.2) is 0 Å². The van der Waals surface area contributed by atoms with Gasteiger partial charge in [-0.3, -0.25) is 0 Å². The molecule has 0 aromatic carbocycles. The predicted molar refractivity (Wildman–Crippen MR) is 46.6 cm³/mol. The molecule has 0 amide bonds. The number of carbonyl (C=O) groups excluding carboxylic acids is 1. The third-order valence-electron chi connectivity index (χ3n) is 2.06. The molecule has 0 aliphatic carbocycles. The van der Waals surface area contributed by atoms with Crippen LogP contribution in [0.2, 0.25) is 0 Å². The average Bonchev–Trinajstić information content (AvgIpc) is 2.26. The van der Waals surface area contributed by atoms with E-state index in [-0.39, 0.29) is 0 Å². The van der Waals surface area contributed by atoms with Gasteiger partial charge in [0.05, 0.1) is 7.11 Å². The molecule has 0 unspecified atom stereocenters. The highest BCUT2D eigenvalue weighted by Gasteiger charge is 2.75. The molecule has 0 bridgehead atoms. The van der Waals surface area contributed by atoms with E-state index >= 15 is 0 Å². The highest BCUT2D eigenvalue weighted by molar-refractivity contribution is 5.87. The lowest BCUT2D eigenvalue weighted by Gasteiger charge is -2.32. The summed E-state index contributed by atoms with van der Waals surface area (Å²) in [5, 5.41) is 0. The normalized spacial score (nSPS) is 13.6. The largest absolute Gasteiger partial charge is 0.466 e. The molecule has 0 atom stereocenters. The lowest BCUT2D eigenvalue weighted by molar-refractivity contribution is -0.337. The number of hydrogen-bond donors (Lipinski definition) is 0. The maximum atomic E-state index is 13.0. The first-order valence-corrected chi connectivity index (χ1v) is 4.49. The standard InChI is InChI=1S/C9H8F8O2/c1-4(5(18)19-2)3-7(12,13)9(16,17)8(14,15)6(10)11/h6H,1,3H2,2H3. The maximum absolute atomic E-state index is 13.0. The lowest BCUT2D eigenvalue weighted by Crippen LogP contribution is -2.57. The fourth-order valence-electron chi connectivity index (χ4n) is 0.976. The number of methoxy groups -OCH3 is 1. The smallest absolute Gasteiger partial charge is 0.378 e. The van der Waals surface area contributed by atoms with E-state index in [1.165, 1.54) is 0 Å². The van der Waals surface area contributed by atoms with Crippen molar-refractivity contribution in [3.8, 4) is 0 Å². The molecule has 0 fully saturated rings.